The van der Waals surface area contributed by atoms with Gasteiger partial charge in [-0.2, -0.15) is 5.10 Å². The van der Waals surface area contributed by atoms with Gasteiger partial charge in [-0.1, -0.05) is 0 Å². The second kappa shape index (κ2) is 4.38. The van der Waals surface area contributed by atoms with Crippen LogP contribution in [0.5, 0.6) is 0 Å². The quantitative estimate of drug-likeness (QED) is 0.787. The second-order valence-corrected chi connectivity index (χ2v) is 4.51. The minimum Gasteiger partial charge on any atom is -0.391 e. The third-order valence-corrected chi connectivity index (χ3v) is 3.24. The first kappa shape index (κ1) is 11.2. The summed E-state index contributed by atoms with van der Waals surface area (Å²) in [6, 6.07) is 0. The van der Waals surface area contributed by atoms with E-state index in [0.717, 1.165) is 12.8 Å². The topological polar surface area (TPSA) is 70.7 Å². The molecule has 3 rings (SSSR count). The Bertz CT molecular complexity index is 580. The molecule has 0 bridgehead atoms. The fraction of sp³-hybridized carbons (Fsp3) is 0.417. The van der Waals surface area contributed by atoms with Crippen molar-refractivity contribution in [1.29, 1.82) is 0 Å². The number of hydrogen-bond donors (Lipinski definition) is 1. The molecule has 18 heavy (non-hydrogen) atoms. The Morgan fingerprint density at radius 2 is 2.33 bits per heavy atom. The lowest BCUT2D eigenvalue weighted by Crippen LogP contribution is -2.42. The highest BCUT2D eigenvalue weighted by atomic mass is 16.3. The van der Waals surface area contributed by atoms with Crippen molar-refractivity contribution in [1.82, 2.24) is 19.5 Å². The SMILES string of the molecule is O=C(c1cnn2ccncc12)N1CCC[C@H](O)C1. The number of fused-ring (bicyclic) bond motifs is 1. The van der Waals surface area contributed by atoms with Gasteiger partial charge >= 0.3 is 0 Å². The molecule has 1 aliphatic heterocycles. The van der Waals surface area contributed by atoms with Crippen LogP contribution in [0.4, 0.5) is 0 Å². The summed E-state index contributed by atoms with van der Waals surface area (Å²) in [5.41, 5.74) is 1.24. The largest absolute Gasteiger partial charge is 0.391 e. The van der Waals surface area contributed by atoms with E-state index in [0.29, 0.717) is 24.2 Å². The number of carbonyl (C=O) groups is 1. The molecule has 1 amide bonds. The number of piperidine rings is 1. The zero-order valence-electron chi connectivity index (χ0n) is 9.86. The molecule has 1 saturated heterocycles. The van der Waals surface area contributed by atoms with Crippen LogP contribution >= 0.6 is 0 Å². The Labute approximate surface area is 104 Å². The average Bonchev–Trinajstić information content (AvgIpc) is 2.82. The number of rotatable bonds is 1. The summed E-state index contributed by atoms with van der Waals surface area (Å²) in [7, 11) is 0. The van der Waals surface area contributed by atoms with Gasteiger partial charge in [-0.05, 0) is 12.8 Å². The molecule has 0 radical (unpaired) electrons. The maximum atomic E-state index is 12.4. The number of aliphatic hydroxyl groups is 1. The lowest BCUT2D eigenvalue weighted by molar-refractivity contribution is 0.0475. The molecule has 0 unspecified atom stereocenters. The van der Waals surface area contributed by atoms with Crippen LogP contribution in [0.2, 0.25) is 0 Å². The van der Waals surface area contributed by atoms with Gasteiger partial charge in [0.1, 0.15) is 0 Å². The molecule has 0 aromatic carbocycles. The van der Waals surface area contributed by atoms with E-state index in [1.165, 1.54) is 0 Å². The first-order chi connectivity index (χ1) is 8.75. The minimum absolute atomic E-state index is 0.0863. The third kappa shape index (κ3) is 1.84. The van der Waals surface area contributed by atoms with Gasteiger partial charge in [-0.25, -0.2) is 4.52 Å². The molecular formula is C12H14N4O2. The number of nitrogens with zero attached hydrogens (tertiary/aromatic N) is 4. The van der Waals surface area contributed by atoms with Crippen LogP contribution in [0.1, 0.15) is 23.2 Å². The summed E-state index contributed by atoms with van der Waals surface area (Å²) < 4.78 is 1.63. The van der Waals surface area contributed by atoms with Crippen molar-refractivity contribution in [2.75, 3.05) is 13.1 Å². The van der Waals surface area contributed by atoms with Gasteiger partial charge in [-0.15, -0.1) is 0 Å². The van der Waals surface area contributed by atoms with E-state index in [4.69, 9.17) is 0 Å². The van der Waals surface area contributed by atoms with Crippen molar-refractivity contribution in [2.45, 2.75) is 18.9 Å². The van der Waals surface area contributed by atoms with Gasteiger partial charge in [0.05, 0.1) is 29.6 Å². The summed E-state index contributed by atoms with van der Waals surface area (Å²) >= 11 is 0. The molecule has 0 spiro atoms. The minimum atomic E-state index is -0.414. The van der Waals surface area contributed by atoms with Crippen LogP contribution in [-0.4, -0.2) is 49.7 Å². The van der Waals surface area contributed by atoms with Crippen molar-refractivity contribution in [2.24, 2.45) is 0 Å². The smallest absolute Gasteiger partial charge is 0.257 e. The van der Waals surface area contributed by atoms with Crippen LogP contribution in [0.15, 0.2) is 24.8 Å². The molecule has 6 heteroatoms. The molecule has 2 aromatic rings. The molecule has 1 aliphatic rings. The summed E-state index contributed by atoms with van der Waals surface area (Å²) in [5, 5.41) is 13.7. The first-order valence-corrected chi connectivity index (χ1v) is 6.00. The van der Waals surface area contributed by atoms with Crippen molar-refractivity contribution >= 4 is 11.4 Å². The van der Waals surface area contributed by atoms with E-state index in [9.17, 15) is 9.90 Å². The predicted molar refractivity (Wildman–Crippen MR) is 64.1 cm³/mol. The zero-order valence-corrected chi connectivity index (χ0v) is 9.86. The van der Waals surface area contributed by atoms with Crippen LogP contribution in [0.3, 0.4) is 0 Å². The highest BCUT2D eigenvalue weighted by Gasteiger charge is 2.25. The average molecular weight is 246 g/mol. The monoisotopic (exact) mass is 246 g/mol. The van der Waals surface area contributed by atoms with Crippen LogP contribution in [0.25, 0.3) is 5.52 Å². The number of carbonyl (C=O) groups excluding carboxylic acids is 1. The molecule has 0 saturated carbocycles. The number of aromatic nitrogens is 3. The number of amides is 1. The number of likely N-dealkylation sites (tertiary alicyclic amines) is 1. The standard InChI is InChI=1S/C12H14N4O2/c17-9-2-1-4-15(8-9)12(18)10-6-14-16-5-3-13-7-11(10)16/h3,5-7,9,17H,1-2,4,8H2/t9-/m0/s1. The summed E-state index contributed by atoms with van der Waals surface area (Å²) in [6.07, 6.45) is 7.70. The van der Waals surface area contributed by atoms with Gasteiger partial charge < -0.3 is 10.0 Å². The summed E-state index contributed by atoms with van der Waals surface area (Å²) in [5.74, 6) is -0.0863. The third-order valence-electron chi connectivity index (χ3n) is 3.24. The second-order valence-electron chi connectivity index (χ2n) is 4.51. The Morgan fingerprint density at radius 3 is 3.17 bits per heavy atom. The Kier molecular flexibility index (Phi) is 2.71. The normalized spacial score (nSPS) is 20.3. The Balaban J connectivity index is 1.92. The van der Waals surface area contributed by atoms with Crippen LogP contribution < -0.4 is 0 Å². The molecule has 6 nitrogen and oxygen atoms in total. The Morgan fingerprint density at radius 1 is 1.44 bits per heavy atom. The van der Waals surface area contributed by atoms with E-state index in [-0.39, 0.29) is 5.91 Å². The van der Waals surface area contributed by atoms with Crippen molar-refractivity contribution in [3.05, 3.63) is 30.4 Å². The van der Waals surface area contributed by atoms with Gasteiger partial charge in [-0.3, -0.25) is 9.78 Å². The number of β-amino-alcohol motifs (C(OH)–C–C–N with tert-alkyl or cyclic N) is 1. The van der Waals surface area contributed by atoms with E-state index < -0.39 is 6.10 Å². The molecule has 1 N–H and O–H groups in total. The van der Waals surface area contributed by atoms with Crippen molar-refractivity contribution in [3.63, 3.8) is 0 Å². The molecule has 94 valence electrons. The van der Waals surface area contributed by atoms with Gasteiger partial charge in [0.25, 0.3) is 5.91 Å². The van der Waals surface area contributed by atoms with Crippen molar-refractivity contribution in [3.8, 4) is 0 Å². The molecule has 1 fully saturated rings. The van der Waals surface area contributed by atoms with E-state index in [1.54, 1.807) is 34.2 Å². The van der Waals surface area contributed by atoms with E-state index in [2.05, 4.69) is 10.1 Å². The van der Waals surface area contributed by atoms with Gasteiger partial charge in [0.15, 0.2) is 0 Å². The maximum Gasteiger partial charge on any atom is 0.257 e. The number of hydrogen-bond acceptors (Lipinski definition) is 4. The fourth-order valence-electron chi connectivity index (χ4n) is 2.31. The van der Waals surface area contributed by atoms with Crippen LogP contribution in [0, 0.1) is 0 Å². The molecule has 2 aromatic heterocycles. The molecule has 1 atom stereocenters. The maximum absolute atomic E-state index is 12.4. The fourth-order valence-corrected chi connectivity index (χ4v) is 2.31. The predicted octanol–water partition coefficient (Wildman–Crippen LogP) is 0.326. The van der Waals surface area contributed by atoms with E-state index in [1.807, 2.05) is 0 Å². The lowest BCUT2D eigenvalue weighted by atomic mass is 10.1. The highest BCUT2D eigenvalue weighted by Crippen LogP contribution is 2.16. The molecule has 3 heterocycles. The first-order valence-electron chi connectivity index (χ1n) is 6.00. The van der Waals surface area contributed by atoms with Crippen LogP contribution in [-0.2, 0) is 0 Å². The lowest BCUT2D eigenvalue weighted by Gasteiger charge is -2.29. The molecule has 0 aliphatic carbocycles. The highest BCUT2D eigenvalue weighted by molar-refractivity contribution is 6.00. The van der Waals surface area contributed by atoms with Crippen molar-refractivity contribution < 1.29 is 9.90 Å². The molecular weight excluding hydrogens is 232 g/mol. The Hall–Kier alpha value is -1.95. The zero-order chi connectivity index (χ0) is 12.5. The number of aliphatic hydroxyl groups excluding tert-OH is 1. The van der Waals surface area contributed by atoms with Gasteiger partial charge in [0.2, 0.25) is 0 Å². The summed E-state index contributed by atoms with van der Waals surface area (Å²) in [4.78, 5) is 18.0. The summed E-state index contributed by atoms with van der Waals surface area (Å²) in [6.45, 7) is 1.09. The van der Waals surface area contributed by atoms with E-state index >= 15 is 0 Å². The van der Waals surface area contributed by atoms with Gasteiger partial charge in [0, 0.05) is 25.5 Å².